The number of nitrogens with zero attached hydrogens (tertiary/aromatic N) is 1. The second-order valence-corrected chi connectivity index (χ2v) is 4.90. The van der Waals surface area contributed by atoms with Crippen molar-refractivity contribution in [2.45, 2.75) is 13.5 Å². The van der Waals surface area contributed by atoms with Crippen LogP contribution in [0.1, 0.15) is 11.3 Å². The van der Waals surface area contributed by atoms with Crippen LogP contribution in [0, 0.1) is 38.5 Å². The Morgan fingerprint density at radius 3 is 2.81 bits per heavy atom. The summed E-state index contributed by atoms with van der Waals surface area (Å²) in [4.78, 5) is 11.8. The molecule has 0 saturated heterocycles. The highest BCUT2D eigenvalue weighted by atomic mass is 16.5. The van der Waals surface area contributed by atoms with Gasteiger partial charge in [0.05, 0.1) is 12.5 Å². The smallest absolute Gasteiger partial charge is 0.228 e. The second-order valence-electron chi connectivity index (χ2n) is 4.90. The number of aromatic nitrogens is 1. The number of carbonyl (C=O) groups excluding carboxylic acids is 1. The molecule has 1 N–H and O–H groups in total. The van der Waals surface area contributed by atoms with E-state index in [0.29, 0.717) is 18.2 Å². The highest BCUT2D eigenvalue weighted by Crippen LogP contribution is 2.23. The normalized spacial score (nSPS) is 15.3. The highest BCUT2D eigenvalue weighted by Gasteiger charge is 2.24. The third-order valence-corrected chi connectivity index (χ3v) is 3.22. The molecule has 105 valence electrons. The van der Waals surface area contributed by atoms with Gasteiger partial charge in [-0.15, -0.1) is 0 Å². The Hall–Kier alpha value is -2.10. The van der Waals surface area contributed by atoms with E-state index in [1.807, 2.05) is 50.1 Å². The van der Waals surface area contributed by atoms with Crippen LogP contribution >= 0.6 is 0 Å². The Bertz CT molecular complexity index is 627. The zero-order valence-corrected chi connectivity index (χ0v) is 11.7. The van der Waals surface area contributed by atoms with Crippen LogP contribution in [0.2, 0.25) is 0 Å². The Kier molecular flexibility index (Phi) is 4.04. The Morgan fingerprint density at radius 1 is 1.24 bits per heavy atom. The fourth-order valence-corrected chi connectivity index (χ4v) is 2.13. The summed E-state index contributed by atoms with van der Waals surface area (Å²) in [5.41, 5.74) is 2.95. The fraction of sp³-hybridized carbons (Fsp3) is 0.118. The summed E-state index contributed by atoms with van der Waals surface area (Å²) in [5, 5.41) is 6.85. The molecule has 5 radical (unpaired) electrons. The van der Waals surface area contributed by atoms with Crippen molar-refractivity contribution >= 4 is 5.91 Å². The molecule has 1 heterocycles. The molecule has 0 atom stereocenters. The third-order valence-electron chi connectivity index (χ3n) is 3.22. The minimum atomic E-state index is -0.117. The lowest BCUT2D eigenvalue weighted by Gasteiger charge is -2.06. The number of carbonyl (C=O) groups is 1. The predicted molar refractivity (Wildman–Crippen MR) is 79.0 cm³/mol. The molecule has 2 aromatic rings. The molecule has 0 unspecified atom stereocenters. The standard InChI is InChI=1S/C17H15N2O2/c1-12-5-4-8-14(9-12)16-10-15(21-19-16)11-18-17(20)13-6-2-3-7-13/h2-10H,11H2,1H3,(H,18,20). The molecule has 1 fully saturated rings. The number of rotatable bonds is 4. The Labute approximate surface area is 124 Å². The van der Waals surface area contributed by atoms with E-state index in [1.165, 1.54) is 5.56 Å². The van der Waals surface area contributed by atoms with E-state index in [4.69, 9.17) is 4.52 Å². The lowest BCUT2D eigenvalue weighted by Crippen LogP contribution is -2.27. The lowest BCUT2D eigenvalue weighted by molar-refractivity contribution is -0.118. The maximum atomic E-state index is 11.8. The van der Waals surface area contributed by atoms with Gasteiger partial charge in [0.15, 0.2) is 5.76 Å². The van der Waals surface area contributed by atoms with Crippen LogP contribution < -0.4 is 5.32 Å². The van der Waals surface area contributed by atoms with Crippen molar-refractivity contribution in [2.75, 3.05) is 0 Å². The number of benzene rings is 1. The maximum absolute atomic E-state index is 11.8. The number of aryl methyl sites for hydroxylation is 1. The van der Waals surface area contributed by atoms with Crippen molar-refractivity contribution in [1.82, 2.24) is 10.5 Å². The summed E-state index contributed by atoms with van der Waals surface area (Å²) in [7, 11) is 0. The summed E-state index contributed by atoms with van der Waals surface area (Å²) in [6, 6.07) is 9.89. The number of hydrogen-bond donors (Lipinski definition) is 1. The molecule has 0 bridgehead atoms. The summed E-state index contributed by atoms with van der Waals surface area (Å²) in [6.07, 6.45) is 7.21. The van der Waals surface area contributed by atoms with E-state index < -0.39 is 0 Å². The summed E-state index contributed by atoms with van der Waals surface area (Å²) >= 11 is 0. The van der Waals surface area contributed by atoms with Crippen LogP contribution in [0.15, 0.2) is 34.9 Å². The van der Waals surface area contributed by atoms with Gasteiger partial charge in [0, 0.05) is 11.6 Å². The summed E-state index contributed by atoms with van der Waals surface area (Å²) in [6.45, 7) is 2.35. The van der Waals surface area contributed by atoms with Crippen molar-refractivity contribution < 1.29 is 9.32 Å². The molecule has 1 aliphatic carbocycles. The third kappa shape index (κ3) is 3.32. The zero-order chi connectivity index (χ0) is 14.7. The van der Waals surface area contributed by atoms with Gasteiger partial charge in [-0.3, -0.25) is 4.79 Å². The van der Waals surface area contributed by atoms with Crippen molar-refractivity contribution in [1.29, 1.82) is 0 Å². The molecule has 1 amide bonds. The first-order valence-corrected chi connectivity index (χ1v) is 6.75. The van der Waals surface area contributed by atoms with Crippen molar-refractivity contribution in [3.63, 3.8) is 0 Å². The van der Waals surface area contributed by atoms with Crippen molar-refractivity contribution in [2.24, 2.45) is 0 Å². The molecule has 1 aliphatic rings. The van der Waals surface area contributed by atoms with Gasteiger partial charge in [-0.05, 0) is 38.7 Å². The van der Waals surface area contributed by atoms with Gasteiger partial charge in [-0.25, -0.2) is 0 Å². The van der Waals surface area contributed by atoms with E-state index in [0.717, 1.165) is 11.3 Å². The first-order chi connectivity index (χ1) is 10.2. The molecular formula is C17H15N2O2. The maximum Gasteiger partial charge on any atom is 0.228 e. The minimum Gasteiger partial charge on any atom is -0.359 e. The number of amides is 1. The molecule has 4 heteroatoms. The summed E-state index contributed by atoms with van der Waals surface area (Å²) < 4.78 is 5.26. The molecule has 1 aromatic carbocycles. The van der Waals surface area contributed by atoms with Crippen LogP contribution in [-0.4, -0.2) is 11.1 Å². The molecular weight excluding hydrogens is 264 g/mol. The van der Waals surface area contributed by atoms with Crippen molar-refractivity contribution in [3.05, 3.63) is 73.3 Å². The average molecular weight is 279 g/mol. The molecule has 1 saturated carbocycles. The van der Waals surface area contributed by atoms with Gasteiger partial charge in [0.25, 0.3) is 0 Å². The Balaban J connectivity index is 1.61. The van der Waals surface area contributed by atoms with Gasteiger partial charge in [-0.1, -0.05) is 28.9 Å². The lowest BCUT2D eigenvalue weighted by atomic mass is 10.1. The first-order valence-electron chi connectivity index (χ1n) is 6.75. The summed E-state index contributed by atoms with van der Waals surface area (Å²) in [5.74, 6) is 1.16. The number of nitrogens with one attached hydrogen (secondary N) is 1. The van der Waals surface area contributed by atoms with Crippen molar-refractivity contribution in [3.8, 4) is 11.3 Å². The van der Waals surface area contributed by atoms with Gasteiger partial charge >= 0.3 is 0 Å². The van der Waals surface area contributed by atoms with Crippen LogP contribution in [0.4, 0.5) is 0 Å². The second kappa shape index (κ2) is 6.12. The molecule has 3 rings (SSSR count). The van der Waals surface area contributed by atoms with Crippen LogP contribution in [0.5, 0.6) is 0 Å². The first kappa shape index (κ1) is 13.9. The topological polar surface area (TPSA) is 55.1 Å². The molecule has 21 heavy (non-hydrogen) atoms. The van der Waals surface area contributed by atoms with E-state index in [2.05, 4.69) is 10.5 Å². The van der Waals surface area contributed by atoms with Crippen LogP contribution in [0.3, 0.4) is 0 Å². The monoisotopic (exact) mass is 279 g/mol. The van der Waals surface area contributed by atoms with E-state index in [1.54, 1.807) is 12.8 Å². The van der Waals surface area contributed by atoms with Gasteiger partial charge in [0.1, 0.15) is 5.69 Å². The molecule has 0 aliphatic heterocycles. The largest absolute Gasteiger partial charge is 0.359 e. The van der Waals surface area contributed by atoms with Gasteiger partial charge in [0.2, 0.25) is 5.91 Å². The van der Waals surface area contributed by atoms with Crippen LogP contribution in [0.25, 0.3) is 11.3 Å². The average Bonchev–Trinajstić information content (AvgIpc) is 3.16. The van der Waals surface area contributed by atoms with Gasteiger partial charge < -0.3 is 9.84 Å². The fourth-order valence-electron chi connectivity index (χ4n) is 2.13. The number of hydrogen-bond acceptors (Lipinski definition) is 3. The van der Waals surface area contributed by atoms with Crippen LogP contribution in [-0.2, 0) is 11.3 Å². The predicted octanol–water partition coefficient (Wildman–Crippen LogP) is 2.67. The SMILES string of the molecule is Cc1cccc(-c2cc(CNC(=O)[C]3[CH][CH][CH][CH]3)on2)c1. The highest BCUT2D eigenvalue weighted by molar-refractivity contribution is 5.95. The minimum absolute atomic E-state index is 0.117. The molecule has 0 spiro atoms. The zero-order valence-electron chi connectivity index (χ0n) is 11.7. The van der Waals surface area contributed by atoms with Gasteiger partial charge in [-0.2, -0.15) is 0 Å². The molecule has 4 nitrogen and oxygen atoms in total. The van der Waals surface area contributed by atoms with E-state index in [-0.39, 0.29) is 5.91 Å². The van der Waals surface area contributed by atoms with E-state index in [9.17, 15) is 4.79 Å². The molecule has 1 aromatic heterocycles. The Morgan fingerprint density at radius 2 is 2.05 bits per heavy atom. The quantitative estimate of drug-likeness (QED) is 0.936. The van der Waals surface area contributed by atoms with E-state index >= 15 is 0 Å².